The van der Waals surface area contributed by atoms with Gasteiger partial charge in [-0.05, 0) is 57.4 Å². The molecule has 0 amide bonds. The molecular formula is C16H27NO2. The Bertz CT molecular complexity index is 344. The molecule has 3 heteroatoms. The standard InChI is InChI=1S/C16H27NO2/c1-4-14-7-9-15(10-8-14)19-12-6-5-11-16(2,13-18)17-3/h7-10,17-18H,4-6,11-13H2,1-3H3. The summed E-state index contributed by atoms with van der Waals surface area (Å²) in [6.45, 7) is 5.09. The number of aliphatic hydroxyl groups is 1. The van der Waals surface area contributed by atoms with Crippen molar-refractivity contribution in [2.45, 2.75) is 45.1 Å². The number of aryl methyl sites for hydroxylation is 1. The fourth-order valence-electron chi connectivity index (χ4n) is 1.91. The quantitative estimate of drug-likeness (QED) is 0.675. The Kier molecular flexibility index (Phi) is 6.89. The summed E-state index contributed by atoms with van der Waals surface area (Å²) in [7, 11) is 1.89. The van der Waals surface area contributed by atoms with Gasteiger partial charge < -0.3 is 15.2 Å². The third-order valence-electron chi connectivity index (χ3n) is 3.68. The number of hydrogen-bond acceptors (Lipinski definition) is 3. The van der Waals surface area contributed by atoms with Gasteiger partial charge in [-0.3, -0.25) is 0 Å². The lowest BCUT2D eigenvalue weighted by Crippen LogP contribution is -2.43. The minimum absolute atomic E-state index is 0.164. The number of unbranched alkanes of at least 4 members (excludes halogenated alkanes) is 1. The SMILES string of the molecule is CCc1ccc(OCCCCC(C)(CO)NC)cc1. The van der Waals surface area contributed by atoms with Crippen LogP contribution in [0.5, 0.6) is 5.75 Å². The van der Waals surface area contributed by atoms with Gasteiger partial charge in [0.2, 0.25) is 0 Å². The van der Waals surface area contributed by atoms with Crippen molar-refractivity contribution in [3.05, 3.63) is 29.8 Å². The molecule has 0 aliphatic rings. The van der Waals surface area contributed by atoms with Crippen LogP contribution >= 0.6 is 0 Å². The van der Waals surface area contributed by atoms with E-state index < -0.39 is 0 Å². The molecule has 108 valence electrons. The van der Waals surface area contributed by atoms with E-state index in [1.165, 1.54) is 5.56 Å². The van der Waals surface area contributed by atoms with Gasteiger partial charge in [0, 0.05) is 5.54 Å². The van der Waals surface area contributed by atoms with E-state index in [1.807, 2.05) is 26.1 Å². The highest BCUT2D eigenvalue weighted by Gasteiger charge is 2.19. The van der Waals surface area contributed by atoms with E-state index in [9.17, 15) is 5.11 Å². The smallest absolute Gasteiger partial charge is 0.119 e. The van der Waals surface area contributed by atoms with Crippen LogP contribution < -0.4 is 10.1 Å². The number of ether oxygens (including phenoxy) is 1. The lowest BCUT2D eigenvalue weighted by atomic mass is 9.96. The summed E-state index contributed by atoms with van der Waals surface area (Å²) in [4.78, 5) is 0. The first kappa shape index (κ1) is 16.0. The van der Waals surface area contributed by atoms with Gasteiger partial charge in [-0.1, -0.05) is 19.1 Å². The van der Waals surface area contributed by atoms with Crippen molar-refractivity contribution in [2.24, 2.45) is 0 Å². The lowest BCUT2D eigenvalue weighted by Gasteiger charge is -2.26. The van der Waals surface area contributed by atoms with Crippen LogP contribution in [0.1, 0.15) is 38.7 Å². The fourth-order valence-corrected chi connectivity index (χ4v) is 1.91. The molecule has 0 saturated carbocycles. The second-order valence-corrected chi connectivity index (χ2v) is 5.27. The Morgan fingerprint density at radius 1 is 1.21 bits per heavy atom. The van der Waals surface area contributed by atoms with Crippen LogP contribution in [0, 0.1) is 0 Å². The molecule has 19 heavy (non-hydrogen) atoms. The molecule has 0 fully saturated rings. The maximum atomic E-state index is 9.28. The van der Waals surface area contributed by atoms with Crippen molar-refractivity contribution in [1.29, 1.82) is 0 Å². The van der Waals surface area contributed by atoms with Gasteiger partial charge in [0.1, 0.15) is 5.75 Å². The van der Waals surface area contributed by atoms with Crippen molar-refractivity contribution < 1.29 is 9.84 Å². The summed E-state index contributed by atoms with van der Waals surface area (Å²) in [5, 5.41) is 12.4. The number of aliphatic hydroxyl groups excluding tert-OH is 1. The molecule has 0 radical (unpaired) electrons. The Balaban J connectivity index is 2.20. The van der Waals surface area contributed by atoms with Gasteiger partial charge in [-0.25, -0.2) is 0 Å². The number of likely N-dealkylation sites (N-methyl/N-ethyl adjacent to an activating group) is 1. The number of hydrogen-bond donors (Lipinski definition) is 2. The Morgan fingerprint density at radius 3 is 2.42 bits per heavy atom. The average Bonchev–Trinajstić information content (AvgIpc) is 2.47. The van der Waals surface area contributed by atoms with E-state index in [2.05, 4.69) is 24.4 Å². The summed E-state index contributed by atoms with van der Waals surface area (Å²) >= 11 is 0. The lowest BCUT2D eigenvalue weighted by molar-refractivity contribution is 0.168. The Morgan fingerprint density at radius 2 is 1.89 bits per heavy atom. The summed E-state index contributed by atoms with van der Waals surface area (Å²) in [5.41, 5.74) is 1.17. The van der Waals surface area contributed by atoms with Crippen LogP contribution in [-0.2, 0) is 6.42 Å². The van der Waals surface area contributed by atoms with Gasteiger partial charge in [0.15, 0.2) is 0 Å². The second kappa shape index (κ2) is 8.18. The highest BCUT2D eigenvalue weighted by atomic mass is 16.5. The Labute approximate surface area is 117 Å². The number of benzene rings is 1. The first-order chi connectivity index (χ1) is 9.13. The van der Waals surface area contributed by atoms with E-state index in [-0.39, 0.29) is 12.1 Å². The minimum atomic E-state index is -0.164. The van der Waals surface area contributed by atoms with Crippen LogP contribution in [0.15, 0.2) is 24.3 Å². The van der Waals surface area contributed by atoms with E-state index in [1.54, 1.807) is 0 Å². The van der Waals surface area contributed by atoms with Crippen molar-refractivity contribution in [3.8, 4) is 5.75 Å². The maximum absolute atomic E-state index is 9.28. The Hall–Kier alpha value is -1.06. The molecule has 1 rings (SSSR count). The van der Waals surface area contributed by atoms with Crippen LogP contribution in [0.4, 0.5) is 0 Å². The van der Waals surface area contributed by atoms with Gasteiger partial charge >= 0.3 is 0 Å². The molecule has 3 nitrogen and oxygen atoms in total. The van der Waals surface area contributed by atoms with Crippen LogP contribution in [-0.4, -0.2) is 30.9 Å². The molecule has 0 bridgehead atoms. The molecule has 1 aromatic carbocycles. The molecule has 1 unspecified atom stereocenters. The van der Waals surface area contributed by atoms with Crippen LogP contribution in [0.2, 0.25) is 0 Å². The van der Waals surface area contributed by atoms with E-state index >= 15 is 0 Å². The van der Waals surface area contributed by atoms with E-state index in [0.717, 1.165) is 38.0 Å². The largest absolute Gasteiger partial charge is 0.494 e. The zero-order valence-electron chi connectivity index (χ0n) is 12.4. The van der Waals surface area contributed by atoms with Crippen LogP contribution in [0.3, 0.4) is 0 Å². The van der Waals surface area contributed by atoms with Gasteiger partial charge in [-0.2, -0.15) is 0 Å². The highest BCUT2D eigenvalue weighted by molar-refractivity contribution is 5.27. The van der Waals surface area contributed by atoms with Crippen molar-refractivity contribution in [3.63, 3.8) is 0 Å². The minimum Gasteiger partial charge on any atom is -0.494 e. The molecular weight excluding hydrogens is 238 g/mol. The normalized spacial score (nSPS) is 14.1. The van der Waals surface area contributed by atoms with E-state index in [4.69, 9.17) is 4.74 Å². The van der Waals surface area contributed by atoms with Crippen molar-refractivity contribution >= 4 is 0 Å². The summed E-state index contributed by atoms with van der Waals surface area (Å²) in [6, 6.07) is 8.28. The van der Waals surface area contributed by atoms with Crippen molar-refractivity contribution in [2.75, 3.05) is 20.3 Å². The first-order valence-electron chi connectivity index (χ1n) is 7.15. The number of rotatable bonds is 9. The third-order valence-corrected chi connectivity index (χ3v) is 3.68. The molecule has 0 saturated heterocycles. The number of nitrogens with one attached hydrogen (secondary N) is 1. The molecule has 0 heterocycles. The molecule has 0 aliphatic carbocycles. The summed E-state index contributed by atoms with van der Waals surface area (Å²) < 4.78 is 5.70. The molecule has 0 aliphatic heterocycles. The van der Waals surface area contributed by atoms with Gasteiger partial charge in [-0.15, -0.1) is 0 Å². The fraction of sp³-hybridized carbons (Fsp3) is 0.625. The van der Waals surface area contributed by atoms with Gasteiger partial charge in [0.05, 0.1) is 13.2 Å². The predicted octanol–water partition coefficient (Wildman–Crippen LogP) is 2.77. The topological polar surface area (TPSA) is 41.5 Å². The first-order valence-corrected chi connectivity index (χ1v) is 7.15. The molecule has 1 aromatic rings. The van der Waals surface area contributed by atoms with Crippen LogP contribution in [0.25, 0.3) is 0 Å². The monoisotopic (exact) mass is 265 g/mol. The third kappa shape index (κ3) is 5.62. The maximum Gasteiger partial charge on any atom is 0.119 e. The van der Waals surface area contributed by atoms with Crippen molar-refractivity contribution in [1.82, 2.24) is 5.32 Å². The highest BCUT2D eigenvalue weighted by Crippen LogP contribution is 2.15. The average molecular weight is 265 g/mol. The zero-order valence-corrected chi connectivity index (χ0v) is 12.4. The zero-order chi connectivity index (χ0) is 14.1. The van der Waals surface area contributed by atoms with Gasteiger partial charge in [0.25, 0.3) is 0 Å². The van der Waals surface area contributed by atoms with E-state index in [0.29, 0.717) is 0 Å². The molecule has 0 aromatic heterocycles. The summed E-state index contributed by atoms with van der Waals surface area (Å²) in [6.07, 6.45) is 4.07. The molecule has 0 spiro atoms. The summed E-state index contributed by atoms with van der Waals surface area (Å²) in [5.74, 6) is 0.940. The molecule has 1 atom stereocenters. The molecule has 2 N–H and O–H groups in total. The predicted molar refractivity (Wildman–Crippen MR) is 79.7 cm³/mol. The second-order valence-electron chi connectivity index (χ2n) is 5.27.